The van der Waals surface area contributed by atoms with Crippen molar-refractivity contribution in [2.24, 2.45) is 4.99 Å². The number of hydrogen-bond donors (Lipinski definition) is 3. The van der Waals surface area contributed by atoms with E-state index in [1.165, 1.54) is 32.1 Å². The van der Waals surface area contributed by atoms with E-state index in [9.17, 15) is 4.79 Å². The first kappa shape index (κ1) is 26.7. The molecule has 0 heterocycles. The quantitative estimate of drug-likeness (QED) is 0.158. The van der Waals surface area contributed by atoms with E-state index in [4.69, 9.17) is 9.47 Å². The molecule has 180 valence electrons. The number of benzene rings is 1. The Hall–Kier alpha value is -1.55. The molecule has 0 saturated heterocycles. The second-order valence-corrected chi connectivity index (χ2v) is 8.38. The third-order valence-corrected chi connectivity index (χ3v) is 5.49. The van der Waals surface area contributed by atoms with Crippen LogP contribution in [0.1, 0.15) is 63.9 Å². The molecule has 8 heteroatoms. The predicted molar refractivity (Wildman–Crippen MR) is 139 cm³/mol. The Balaban J connectivity index is 0.00000363. The molecule has 2 aliphatic carbocycles. The molecule has 0 atom stereocenters. The summed E-state index contributed by atoms with van der Waals surface area (Å²) in [4.78, 5) is 16.5. The van der Waals surface area contributed by atoms with Gasteiger partial charge in [0, 0.05) is 25.7 Å². The number of hydrogen-bond acceptors (Lipinski definition) is 4. The van der Waals surface area contributed by atoms with Gasteiger partial charge in [0.2, 0.25) is 0 Å². The van der Waals surface area contributed by atoms with Crippen LogP contribution in [0.3, 0.4) is 0 Å². The van der Waals surface area contributed by atoms with Crippen LogP contribution in [0.15, 0.2) is 29.3 Å². The SMILES string of the molecule is CCNC(=NCc1cccc(OCC(=O)NC2CC2)c1)NCCCOC1CCCCC1.I. The van der Waals surface area contributed by atoms with E-state index in [1.807, 2.05) is 24.3 Å². The fourth-order valence-electron chi connectivity index (χ4n) is 3.65. The molecular weight excluding hydrogens is 519 g/mol. The van der Waals surface area contributed by atoms with Crippen LogP contribution in [0, 0.1) is 0 Å². The van der Waals surface area contributed by atoms with Crippen molar-refractivity contribution in [2.75, 3.05) is 26.3 Å². The summed E-state index contributed by atoms with van der Waals surface area (Å²) in [5.74, 6) is 1.43. The highest BCUT2D eigenvalue weighted by Crippen LogP contribution is 2.20. The molecule has 0 unspecified atom stereocenters. The number of carbonyl (C=O) groups excluding carboxylic acids is 1. The lowest BCUT2D eigenvalue weighted by Crippen LogP contribution is -2.38. The van der Waals surface area contributed by atoms with Crippen molar-refractivity contribution < 1.29 is 14.3 Å². The minimum absolute atomic E-state index is 0. The molecule has 32 heavy (non-hydrogen) atoms. The summed E-state index contributed by atoms with van der Waals surface area (Å²) in [5.41, 5.74) is 1.04. The normalized spacial score (nSPS) is 16.7. The van der Waals surface area contributed by atoms with E-state index in [0.29, 0.717) is 24.4 Å². The van der Waals surface area contributed by atoms with Crippen molar-refractivity contribution >= 4 is 35.8 Å². The number of carbonyl (C=O) groups is 1. The van der Waals surface area contributed by atoms with Gasteiger partial charge >= 0.3 is 0 Å². The number of halogens is 1. The van der Waals surface area contributed by atoms with E-state index in [0.717, 1.165) is 50.5 Å². The molecule has 1 aromatic rings. The minimum atomic E-state index is -0.0583. The van der Waals surface area contributed by atoms with Crippen LogP contribution in [-0.4, -0.2) is 50.3 Å². The largest absolute Gasteiger partial charge is 0.484 e. The summed E-state index contributed by atoms with van der Waals surface area (Å²) in [6.07, 6.45) is 9.98. The number of guanidine groups is 1. The molecule has 2 aliphatic rings. The maximum atomic E-state index is 11.8. The standard InChI is InChI=1S/C24H38N4O3.HI/c1-2-25-24(26-14-7-15-30-21-9-4-3-5-10-21)27-17-19-8-6-11-22(16-19)31-18-23(29)28-20-12-13-20;/h6,8,11,16,20-21H,2-5,7,9-10,12-15,17-18H2,1H3,(H,28,29)(H2,25,26,27);1H. The van der Waals surface area contributed by atoms with Crippen LogP contribution >= 0.6 is 24.0 Å². The first-order valence-electron chi connectivity index (χ1n) is 11.9. The monoisotopic (exact) mass is 558 g/mol. The van der Waals surface area contributed by atoms with E-state index in [1.54, 1.807) is 0 Å². The van der Waals surface area contributed by atoms with E-state index in [2.05, 4.69) is 27.9 Å². The molecule has 0 bridgehead atoms. The number of nitrogens with zero attached hydrogens (tertiary/aromatic N) is 1. The topological polar surface area (TPSA) is 84.0 Å². The molecule has 3 N–H and O–H groups in total. The molecular formula is C24H39IN4O3. The Labute approximate surface area is 209 Å². The van der Waals surface area contributed by atoms with Crippen molar-refractivity contribution in [1.29, 1.82) is 0 Å². The molecule has 0 radical (unpaired) electrons. The van der Waals surface area contributed by atoms with Gasteiger partial charge in [-0.1, -0.05) is 31.4 Å². The second kappa shape index (κ2) is 15.3. The van der Waals surface area contributed by atoms with Crippen molar-refractivity contribution in [2.45, 2.75) is 77.0 Å². The molecule has 7 nitrogen and oxygen atoms in total. The lowest BCUT2D eigenvalue weighted by molar-refractivity contribution is -0.123. The van der Waals surface area contributed by atoms with Crippen LogP contribution in [0.5, 0.6) is 5.75 Å². The molecule has 0 aromatic heterocycles. The molecule has 1 amide bonds. The Bertz CT molecular complexity index is 706. The van der Waals surface area contributed by atoms with E-state index >= 15 is 0 Å². The highest BCUT2D eigenvalue weighted by Gasteiger charge is 2.23. The first-order valence-corrected chi connectivity index (χ1v) is 11.9. The number of ether oxygens (including phenoxy) is 2. The minimum Gasteiger partial charge on any atom is -0.484 e. The molecule has 1 aromatic carbocycles. The lowest BCUT2D eigenvalue weighted by Gasteiger charge is -2.22. The Morgan fingerprint density at radius 2 is 1.94 bits per heavy atom. The summed E-state index contributed by atoms with van der Waals surface area (Å²) in [6, 6.07) is 8.11. The summed E-state index contributed by atoms with van der Waals surface area (Å²) in [5, 5.41) is 9.60. The van der Waals surface area contributed by atoms with E-state index < -0.39 is 0 Å². The Morgan fingerprint density at radius 1 is 1.12 bits per heavy atom. The van der Waals surface area contributed by atoms with Gasteiger partial charge in [0.05, 0.1) is 12.6 Å². The third kappa shape index (κ3) is 10.8. The predicted octanol–water partition coefficient (Wildman–Crippen LogP) is 3.76. The van der Waals surface area contributed by atoms with Crippen LogP contribution in [0.4, 0.5) is 0 Å². The van der Waals surface area contributed by atoms with Crippen molar-refractivity contribution in [3.63, 3.8) is 0 Å². The Kier molecular flexibility index (Phi) is 12.8. The molecule has 0 spiro atoms. The summed E-state index contributed by atoms with van der Waals surface area (Å²) >= 11 is 0. The second-order valence-electron chi connectivity index (χ2n) is 8.38. The number of rotatable bonds is 12. The van der Waals surface area contributed by atoms with Gasteiger partial charge in [-0.3, -0.25) is 4.79 Å². The maximum Gasteiger partial charge on any atom is 0.258 e. The van der Waals surface area contributed by atoms with Gasteiger partial charge in [-0.25, -0.2) is 4.99 Å². The fourth-order valence-corrected chi connectivity index (χ4v) is 3.65. The van der Waals surface area contributed by atoms with Gasteiger partial charge in [0.1, 0.15) is 5.75 Å². The third-order valence-electron chi connectivity index (χ3n) is 5.49. The van der Waals surface area contributed by atoms with Crippen LogP contribution in [-0.2, 0) is 16.1 Å². The van der Waals surface area contributed by atoms with Crippen LogP contribution in [0.25, 0.3) is 0 Å². The van der Waals surface area contributed by atoms with E-state index in [-0.39, 0.29) is 36.5 Å². The maximum absolute atomic E-state index is 11.8. The van der Waals surface area contributed by atoms with Crippen molar-refractivity contribution in [3.05, 3.63) is 29.8 Å². The number of amides is 1. The van der Waals surface area contributed by atoms with Gasteiger partial charge in [-0.2, -0.15) is 0 Å². The Morgan fingerprint density at radius 3 is 2.69 bits per heavy atom. The van der Waals surface area contributed by atoms with Gasteiger partial charge in [0.15, 0.2) is 12.6 Å². The van der Waals surface area contributed by atoms with Gasteiger partial charge in [0.25, 0.3) is 5.91 Å². The highest BCUT2D eigenvalue weighted by atomic mass is 127. The molecule has 3 rings (SSSR count). The average molecular weight is 559 g/mol. The number of nitrogens with one attached hydrogen (secondary N) is 3. The summed E-state index contributed by atoms with van der Waals surface area (Å²) in [6.45, 7) is 5.09. The summed E-state index contributed by atoms with van der Waals surface area (Å²) < 4.78 is 11.6. The molecule has 2 saturated carbocycles. The first-order chi connectivity index (χ1) is 15.2. The average Bonchev–Trinajstić information content (AvgIpc) is 3.61. The van der Waals surface area contributed by atoms with Gasteiger partial charge < -0.3 is 25.4 Å². The van der Waals surface area contributed by atoms with Gasteiger partial charge in [-0.15, -0.1) is 24.0 Å². The molecule has 0 aliphatic heterocycles. The smallest absolute Gasteiger partial charge is 0.258 e. The van der Waals surface area contributed by atoms with Crippen molar-refractivity contribution in [1.82, 2.24) is 16.0 Å². The zero-order valence-electron chi connectivity index (χ0n) is 19.2. The number of aliphatic imine (C=N–C) groups is 1. The zero-order chi connectivity index (χ0) is 21.7. The van der Waals surface area contributed by atoms with Crippen molar-refractivity contribution in [3.8, 4) is 5.75 Å². The van der Waals surface area contributed by atoms with Gasteiger partial charge in [-0.05, 0) is 56.7 Å². The fraction of sp³-hybridized carbons (Fsp3) is 0.667. The van der Waals surface area contributed by atoms with Crippen LogP contribution < -0.4 is 20.7 Å². The molecule has 2 fully saturated rings. The lowest BCUT2D eigenvalue weighted by atomic mass is 9.98. The highest BCUT2D eigenvalue weighted by molar-refractivity contribution is 14.0. The van der Waals surface area contributed by atoms with Crippen LogP contribution in [0.2, 0.25) is 0 Å². The summed E-state index contributed by atoms with van der Waals surface area (Å²) in [7, 11) is 0. The zero-order valence-corrected chi connectivity index (χ0v) is 21.6.